The molecule has 2 heterocycles. The second-order valence-electron chi connectivity index (χ2n) is 12.2. The molecule has 2 N–H and O–H groups in total. The summed E-state index contributed by atoms with van der Waals surface area (Å²) >= 11 is 3.41. The summed E-state index contributed by atoms with van der Waals surface area (Å²) in [6.07, 6.45) is 0.400. The van der Waals surface area contributed by atoms with Gasteiger partial charge in [0.1, 0.15) is 24.7 Å². The molecule has 3 aromatic carbocycles. The number of benzene rings is 3. The van der Waals surface area contributed by atoms with Gasteiger partial charge in [-0.2, -0.15) is 0 Å². The molecule has 1 saturated carbocycles. The predicted molar refractivity (Wildman–Crippen MR) is 180 cm³/mol. The van der Waals surface area contributed by atoms with Crippen LogP contribution in [-0.2, 0) is 11.2 Å². The Labute approximate surface area is 282 Å². The smallest absolute Gasteiger partial charge is 0.408 e. The maximum atomic E-state index is 14.6. The summed E-state index contributed by atoms with van der Waals surface area (Å²) in [7, 11) is 0. The van der Waals surface area contributed by atoms with Crippen molar-refractivity contribution in [3.63, 3.8) is 0 Å². The van der Waals surface area contributed by atoms with Crippen LogP contribution in [-0.4, -0.2) is 94.0 Å². The number of nitrogens with zero attached hydrogens (tertiary/aromatic N) is 3. The molecular weight excluding hydrogens is 666 g/mol. The van der Waals surface area contributed by atoms with Crippen LogP contribution in [0.25, 0.3) is 5.57 Å². The first kappa shape index (κ1) is 32.4. The van der Waals surface area contributed by atoms with Crippen LogP contribution in [0.2, 0.25) is 0 Å². The average Bonchev–Trinajstić information content (AvgIpc) is 3.89. The van der Waals surface area contributed by atoms with Crippen molar-refractivity contribution in [3.8, 4) is 11.5 Å². The summed E-state index contributed by atoms with van der Waals surface area (Å²) in [6.45, 7) is 3.19. The lowest BCUT2D eigenvalue weighted by Gasteiger charge is -2.49. The van der Waals surface area contributed by atoms with Gasteiger partial charge >= 0.3 is 12.2 Å². The van der Waals surface area contributed by atoms with Gasteiger partial charge in [0.25, 0.3) is 5.91 Å². The SMILES string of the molecule is Cc1ccccc1CCN(C(=O)C1=C(c2ccc(OCCOc3ccc(Br)cc3)cc2)C[C@@H]2CN(C(=O)O)C[C@H]1N2C(=O)O)C1CC1. The average molecular weight is 705 g/mol. The number of carbonyl (C=O) groups excluding carboxylic acids is 1. The molecule has 10 nitrogen and oxygen atoms in total. The van der Waals surface area contributed by atoms with E-state index in [1.165, 1.54) is 9.80 Å². The highest BCUT2D eigenvalue weighted by Crippen LogP contribution is 2.41. The largest absolute Gasteiger partial charge is 0.490 e. The molecule has 3 amide bonds. The van der Waals surface area contributed by atoms with E-state index in [9.17, 15) is 24.6 Å². The van der Waals surface area contributed by atoms with E-state index in [0.717, 1.165) is 45.3 Å². The minimum absolute atomic E-state index is 0.0439. The molecule has 3 aromatic rings. The molecule has 1 saturated heterocycles. The van der Waals surface area contributed by atoms with E-state index in [4.69, 9.17) is 9.47 Å². The van der Waals surface area contributed by atoms with Gasteiger partial charge < -0.3 is 29.5 Å². The molecule has 2 atom stereocenters. The molecule has 2 fully saturated rings. The standard InChI is InChI=1S/C36H38BrN3O7/c1-23-4-2-3-5-24(23)16-17-39(27-10-11-27)34(41)33-31(20-28-21-38(35(42)43)22-32(33)40(28)36(44)45)25-6-12-29(13-7-25)46-18-19-47-30-14-8-26(37)9-15-30/h2-9,12-15,27-28,32H,10-11,16-22H2,1H3,(H,42,43)(H,44,45)/t28-,32-/m1/s1. The number of piperazine rings is 1. The Hall–Kier alpha value is -4.51. The van der Waals surface area contributed by atoms with Gasteiger partial charge in [0.2, 0.25) is 0 Å². The van der Waals surface area contributed by atoms with Crippen molar-refractivity contribution >= 4 is 39.6 Å². The molecule has 0 spiro atoms. The Bertz CT molecular complexity index is 1660. The zero-order valence-electron chi connectivity index (χ0n) is 26.2. The first-order valence-corrected chi connectivity index (χ1v) is 16.7. The van der Waals surface area contributed by atoms with E-state index >= 15 is 0 Å². The van der Waals surface area contributed by atoms with Crippen LogP contribution in [0.15, 0.2) is 82.8 Å². The van der Waals surface area contributed by atoms with Crippen LogP contribution in [0, 0.1) is 6.92 Å². The normalized spacial score (nSPS) is 18.9. The third-order valence-corrected chi connectivity index (χ3v) is 9.67. The Morgan fingerprint density at radius 3 is 2.11 bits per heavy atom. The van der Waals surface area contributed by atoms with Crippen molar-refractivity contribution in [3.05, 3.63) is 99.5 Å². The Kier molecular flexibility index (Phi) is 9.72. The van der Waals surface area contributed by atoms with Gasteiger partial charge in [-0.1, -0.05) is 52.3 Å². The Morgan fingerprint density at radius 1 is 0.872 bits per heavy atom. The third-order valence-electron chi connectivity index (χ3n) is 9.14. The van der Waals surface area contributed by atoms with Crippen molar-refractivity contribution in [2.45, 2.75) is 50.7 Å². The van der Waals surface area contributed by atoms with Crippen molar-refractivity contribution in [2.24, 2.45) is 0 Å². The van der Waals surface area contributed by atoms with Crippen LogP contribution in [0.1, 0.15) is 36.0 Å². The fourth-order valence-corrected chi connectivity index (χ4v) is 6.89. The highest BCUT2D eigenvalue weighted by molar-refractivity contribution is 9.10. The van der Waals surface area contributed by atoms with E-state index in [1.807, 2.05) is 65.6 Å². The predicted octanol–water partition coefficient (Wildman–Crippen LogP) is 6.32. The van der Waals surface area contributed by atoms with Gasteiger partial charge in [-0.05, 0) is 91.3 Å². The van der Waals surface area contributed by atoms with Crippen molar-refractivity contribution in [2.75, 3.05) is 32.8 Å². The number of hydrogen-bond acceptors (Lipinski definition) is 5. The molecule has 3 aliphatic rings. The Balaban J connectivity index is 1.27. The molecular formula is C36H38BrN3O7. The monoisotopic (exact) mass is 703 g/mol. The number of carboxylic acid groups (broad SMARTS) is 2. The molecule has 2 aliphatic heterocycles. The zero-order chi connectivity index (χ0) is 33.1. The minimum Gasteiger partial charge on any atom is -0.490 e. The van der Waals surface area contributed by atoms with E-state index in [0.29, 0.717) is 37.5 Å². The minimum atomic E-state index is -1.15. The molecule has 6 rings (SSSR count). The third kappa shape index (κ3) is 7.40. The number of carbonyl (C=O) groups is 3. The Morgan fingerprint density at radius 2 is 1.51 bits per heavy atom. The van der Waals surface area contributed by atoms with Gasteiger partial charge in [-0.25, -0.2) is 9.59 Å². The van der Waals surface area contributed by atoms with Crippen LogP contribution < -0.4 is 9.47 Å². The summed E-state index contributed by atoms with van der Waals surface area (Å²) in [5, 5.41) is 20.2. The highest BCUT2D eigenvalue weighted by Gasteiger charge is 2.49. The highest BCUT2D eigenvalue weighted by atomic mass is 79.9. The molecule has 1 aliphatic carbocycles. The number of amides is 3. The van der Waals surface area contributed by atoms with E-state index in [1.54, 1.807) is 0 Å². The lowest BCUT2D eigenvalue weighted by molar-refractivity contribution is -0.128. The number of aryl methyl sites for hydroxylation is 1. The van der Waals surface area contributed by atoms with Crippen molar-refractivity contribution < 1.29 is 34.1 Å². The van der Waals surface area contributed by atoms with Crippen LogP contribution in [0.5, 0.6) is 11.5 Å². The lowest BCUT2D eigenvalue weighted by atomic mass is 9.81. The maximum absolute atomic E-state index is 14.6. The number of hydrogen-bond donors (Lipinski definition) is 2. The second kappa shape index (κ2) is 14.1. The van der Waals surface area contributed by atoms with Gasteiger partial charge in [-0.3, -0.25) is 9.69 Å². The summed E-state index contributed by atoms with van der Waals surface area (Å²) in [5.41, 5.74) is 4.23. The second-order valence-corrected chi connectivity index (χ2v) is 13.1. The summed E-state index contributed by atoms with van der Waals surface area (Å²) in [4.78, 5) is 43.7. The van der Waals surface area contributed by atoms with Gasteiger partial charge in [-0.15, -0.1) is 0 Å². The van der Waals surface area contributed by atoms with Crippen LogP contribution >= 0.6 is 15.9 Å². The topological polar surface area (TPSA) is 120 Å². The fourth-order valence-electron chi connectivity index (χ4n) is 6.62. The molecule has 246 valence electrons. The van der Waals surface area contributed by atoms with Crippen molar-refractivity contribution in [1.29, 1.82) is 0 Å². The number of fused-ring (bicyclic) bond motifs is 2. The lowest BCUT2D eigenvalue weighted by Crippen LogP contribution is -2.65. The quantitative estimate of drug-likeness (QED) is 0.225. The van der Waals surface area contributed by atoms with E-state index in [-0.39, 0.29) is 31.5 Å². The van der Waals surface area contributed by atoms with Gasteiger partial charge in [0.05, 0.1) is 12.1 Å². The van der Waals surface area contributed by atoms with E-state index in [2.05, 4.69) is 35.0 Å². The number of rotatable bonds is 11. The first-order chi connectivity index (χ1) is 22.7. The first-order valence-electron chi connectivity index (χ1n) is 15.9. The molecule has 0 unspecified atom stereocenters. The van der Waals surface area contributed by atoms with Gasteiger partial charge in [0, 0.05) is 35.7 Å². The number of ether oxygens (including phenoxy) is 2. The number of halogens is 1. The summed E-state index contributed by atoms with van der Waals surface area (Å²) < 4.78 is 12.6. The van der Waals surface area contributed by atoms with Crippen molar-refractivity contribution in [1.82, 2.24) is 14.7 Å². The maximum Gasteiger partial charge on any atom is 0.408 e. The fraction of sp³-hybridized carbons (Fsp3) is 0.361. The summed E-state index contributed by atoms with van der Waals surface area (Å²) in [6, 6.07) is 21.7. The molecule has 2 bridgehead atoms. The molecule has 47 heavy (non-hydrogen) atoms. The van der Waals surface area contributed by atoms with Crippen LogP contribution in [0.3, 0.4) is 0 Å². The molecule has 0 radical (unpaired) electrons. The molecule has 11 heteroatoms. The summed E-state index contributed by atoms with van der Waals surface area (Å²) in [5.74, 6) is 1.17. The zero-order valence-corrected chi connectivity index (χ0v) is 27.8. The van der Waals surface area contributed by atoms with Crippen LogP contribution in [0.4, 0.5) is 9.59 Å². The van der Waals surface area contributed by atoms with E-state index < -0.39 is 24.3 Å². The van der Waals surface area contributed by atoms with Gasteiger partial charge in [0.15, 0.2) is 0 Å². The molecule has 0 aromatic heterocycles.